The molecule has 8 nitrogen and oxygen atoms in total. The monoisotopic (exact) mass is 399 g/mol. The van der Waals surface area contributed by atoms with Crippen LogP contribution in [0.5, 0.6) is 0 Å². The molecule has 1 saturated carbocycles. The molecule has 0 aromatic carbocycles. The van der Waals surface area contributed by atoms with E-state index in [4.69, 9.17) is 9.47 Å². The number of likely N-dealkylation sites (N-methyl/N-ethyl adjacent to an activating group) is 1. The Morgan fingerprint density at radius 2 is 1.64 bits per heavy atom. The lowest BCUT2D eigenvalue weighted by molar-refractivity contribution is -0.146. The van der Waals surface area contributed by atoms with E-state index >= 15 is 0 Å². The van der Waals surface area contributed by atoms with Gasteiger partial charge in [-0.05, 0) is 47.5 Å². The third-order valence-electron chi connectivity index (χ3n) is 4.94. The highest BCUT2D eigenvalue weighted by molar-refractivity contribution is 5.93. The van der Waals surface area contributed by atoms with Gasteiger partial charge in [0.1, 0.15) is 11.1 Å². The van der Waals surface area contributed by atoms with E-state index in [0.29, 0.717) is 25.9 Å². The maximum absolute atomic E-state index is 13.1. The zero-order valence-corrected chi connectivity index (χ0v) is 18.2. The average Bonchev–Trinajstić information content (AvgIpc) is 2.62. The van der Waals surface area contributed by atoms with Crippen LogP contribution in [0.1, 0.15) is 66.7 Å². The Hall–Kier alpha value is -1.83. The van der Waals surface area contributed by atoms with E-state index in [0.717, 1.165) is 19.3 Å². The summed E-state index contributed by atoms with van der Waals surface area (Å²) in [6.07, 6.45) is 2.54. The zero-order valence-electron chi connectivity index (χ0n) is 18.2. The highest BCUT2D eigenvalue weighted by Gasteiger charge is 2.43. The van der Waals surface area contributed by atoms with Gasteiger partial charge in [0.15, 0.2) is 6.10 Å². The third-order valence-corrected chi connectivity index (χ3v) is 4.94. The first-order valence-corrected chi connectivity index (χ1v) is 10.2. The molecule has 0 bridgehead atoms. The van der Waals surface area contributed by atoms with E-state index in [2.05, 4.69) is 10.6 Å². The van der Waals surface area contributed by atoms with Gasteiger partial charge in [0.25, 0.3) is 5.91 Å². The summed E-state index contributed by atoms with van der Waals surface area (Å²) in [6.45, 7) is 10.3. The van der Waals surface area contributed by atoms with Crippen LogP contribution in [0.3, 0.4) is 0 Å². The molecule has 1 aliphatic carbocycles. The minimum Gasteiger partial charge on any atom is -0.444 e. The SMILES string of the molecule is CCN(CC)C(=O)C1(NC(=O)[C@@H](CNC(=O)OC(C)(C)C)OC)CCCCC1. The Morgan fingerprint density at radius 3 is 2.11 bits per heavy atom. The molecular formula is C20H37N3O5. The first-order chi connectivity index (χ1) is 13.1. The van der Waals surface area contributed by atoms with Crippen molar-refractivity contribution in [2.45, 2.75) is 84.0 Å². The molecular weight excluding hydrogens is 362 g/mol. The molecule has 0 spiro atoms. The summed E-state index contributed by atoms with van der Waals surface area (Å²) in [5, 5.41) is 5.51. The molecule has 0 saturated heterocycles. The molecule has 0 heterocycles. The minimum absolute atomic E-state index is 0.0349. The number of nitrogens with zero attached hydrogens (tertiary/aromatic N) is 1. The van der Waals surface area contributed by atoms with Gasteiger partial charge >= 0.3 is 6.09 Å². The summed E-state index contributed by atoms with van der Waals surface area (Å²) < 4.78 is 10.4. The Bertz CT molecular complexity index is 534. The molecule has 0 unspecified atom stereocenters. The van der Waals surface area contributed by atoms with Gasteiger partial charge in [-0.25, -0.2) is 4.79 Å². The van der Waals surface area contributed by atoms with Crippen molar-refractivity contribution >= 4 is 17.9 Å². The van der Waals surface area contributed by atoms with Gasteiger partial charge < -0.3 is 25.0 Å². The van der Waals surface area contributed by atoms with E-state index in [9.17, 15) is 14.4 Å². The molecule has 2 N–H and O–H groups in total. The number of ether oxygens (including phenoxy) is 2. The van der Waals surface area contributed by atoms with Crippen LogP contribution in [-0.4, -0.2) is 66.8 Å². The lowest BCUT2D eigenvalue weighted by atomic mass is 9.80. The fraction of sp³-hybridized carbons (Fsp3) is 0.850. The van der Waals surface area contributed by atoms with Crippen molar-refractivity contribution in [2.24, 2.45) is 0 Å². The molecule has 1 fully saturated rings. The second kappa shape index (κ2) is 10.6. The number of amides is 3. The highest BCUT2D eigenvalue weighted by Crippen LogP contribution is 2.30. The number of carbonyl (C=O) groups excluding carboxylic acids is 3. The van der Waals surface area contributed by atoms with Gasteiger partial charge in [-0.3, -0.25) is 9.59 Å². The standard InChI is InChI=1S/C20H37N3O5/c1-7-23(8-2)17(25)20(12-10-9-11-13-20)22-16(24)15(27-6)14-21-18(26)28-19(3,4)5/h15H,7-14H2,1-6H3,(H,21,26)(H,22,24)/t15-/m1/s1. The second-order valence-electron chi connectivity index (χ2n) is 8.22. The average molecular weight is 400 g/mol. The Labute approximate surface area is 168 Å². The molecule has 3 amide bonds. The first kappa shape index (κ1) is 24.2. The zero-order chi connectivity index (χ0) is 21.4. The summed E-state index contributed by atoms with van der Waals surface area (Å²) in [5.41, 5.74) is -1.53. The number of nitrogens with one attached hydrogen (secondary N) is 2. The molecule has 28 heavy (non-hydrogen) atoms. The van der Waals surface area contributed by atoms with Crippen LogP contribution in [0.25, 0.3) is 0 Å². The topological polar surface area (TPSA) is 97.0 Å². The highest BCUT2D eigenvalue weighted by atomic mass is 16.6. The van der Waals surface area contributed by atoms with Crippen LogP contribution < -0.4 is 10.6 Å². The van der Waals surface area contributed by atoms with E-state index in [1.807, 2.05) is 13.8 Å². The lowest BCUT2D eigenvalue weighted by Crippen LogP contribution is -2.62. The van der Waals surface area contributed by atoms with Gasteiger partial charge in [0.2, 0.25) is 5.91 Å². The second-order valence-corrected chi connectivity index (χ2v) is 8.22. The number of hydrogen-bond acceptors (Lipinski definition) is 5. The first-order valence-electron chi connectivity index (χ1n) is 10.2. The fourth-order valence-corrected chi connectivity index (χ4v) is 3.45. The van der Waals surface area contributed by atoms with Crippen molar-refractivity contribution in [3.63, 3.8) is 0 Å². The number of alkyl carbamates (subject to hydrolysis) is 1. The van der Waals surface area contributed by atoms with E-state index < -0.39 is 29.2 Å². The molecule has 0 aromatic rings. The van der Waals surface area contributed by atoms with Crippen LogP contribution in [0, 0.1) is 0 Å². The van der Waals surface area contributed by atoms with Crippen molar-refractivity contribution in [3.05, 3.63) is 0 Å². The fourth-order valence-electron chi connectivity index (χ4n) is 3.45. The van der Waals surface area contributed by atoms with Gasteiger partial charge in [-0.1, -0.05) is 19.3 Å². The predicted octanol–water partition coefficient (Wildman–Crippen LogP) is 2.21. The van der Waals surface area contributed by atoms with E-state index in [-0.39, 0.29) is 12.5 Å². The van der Waals surface area contributed by atoms with Crippen LogP contribution in [-0.2, 0) is 19.1 Å². The number of methoxy groups -OCH3 is 1. The Balaban J connectivity index is 2.82. The minimum atomic E-state index is -0.907. The normalized spacial score (nSPS) is 17.4. The maximum Gasteiger partial charge on any atom is 0.407 e. The molecule has 8 heteroatoms. The number of rotatable bonds is 8. The number of carbonyl (C=O) groups is 3. The van der Waals surface area contributed by atoms with E-state index in [1.165, 1.54) is 7.11 Å². The van der Waals surface area contributed by atoms with Crippen molar-refractivity contribution in [2.75, 3.05) is 26.7 Å². The third kappa shape index (κ3) is 6.96. The van der Waals surface area contributed by atoms with Gasteiger partial charge in [-0.15, -0.1) is 0 Å². The summed E-state index contributed by atoms with van der Waals surface area (Å²) in [7, 11) is 1.40. The summed E-state index contributed by atoms with van der Waals surface area (Å²) in [4.78, 5) is 39.6. The van der Waals surface area contributed by atoms with Crippen LogP contribution in [0.2, 0.25) is 0 Å². The van der Waals surface area contributed by atoms with Crippen LogP contribution in [0.4, 0.5) is 4.79 Å². The predicted molar refractivity (Wildman–Crippen MR) is 107 cm³/mol. The number of hydrogen-bond donors (Lipinski definition) is 2. The molecule has 1 rings (SSSR count). The lowest BCUT2D eigenvalue weighted by Gasteiger charge is -2.40. The Morgan fingerprint density at radius 1 is 1.07 bits per heavy atom. The smallest absolute Gasteiger partial charge is 0.407 e. The van der Waals surface area contributed by atoms with Gasteiger partial charge in [0.05, 0.1) is 6.54 Å². The van der Waals surface area contributed by atoms with Gasteiger partial charge in [0, 0.05) is 20.2 Å². The quantitative estimate of drug-likeness (QED) is 0.652. The van der Waals surface area contributed by atoms with Crippen molar-refractivity contribution in [3.8, 4) is 0 Å². The molecule has 0 aromatic heterocycles. The molecule has 0 aliphatic heterocycles. The molecule has 162 valence electrons. The van der Waals surface area contributed by atoms with Gasteiger partial charge in [-0.2, -0.15) is 0 Å². The van der Waals surface area contributed by atoms with Crippen molar-refractivity contribution in [1.29, 1.82) is 0 Å². The summed E-state index contributed by atoms with van der Waals surface area (Å²) in [5.74, 6) is -0.443. The Kier molecular flexibility index (Phi) is 9.20. The molecule has 0 radical (unpaired) electrons. The van der Waals surface area contributed by atoms with Crippen LogP contribution in [0.15, 0.2) is 0 Å². The van der Waals surface area contributed by atoms with Crippen molar-refractivity contribution < 1.29 is 23.9 Å². The summed E-state index contributed by atoms with van der Waals surface area (Å²) >= 11 is 0. The maximum atomic E-state index is 13.1. The molecule has 1 aliphatic rings. The van der Waals surface area contributed by atoms with E-state index in [1.54, 1.807) is 25.7 Å². The molecule has 1 atom stereocenters. The van der Waals surface area contributed by atoms with Crippen LogP contribution >= 0.6 is 0 Å². The summed E-state index contributed by atoms with van der Waals surface area (Å²) in [6, 6.07) is 0. The largest absolute Gasteiger partial charge is 0.444 e. The van der Waals surface area contributed by atoms with Crippen molar-refractivity contribution in [1.82, 2.24) is 15.5 Å².